The second-order valence-electron chi connectivity index (χ2n) is 3.24. The summed E-state index contributed by atoms with van der Waals surface area (Å²) in [6.07, 6.45) is 4.93. The van der Waals surface area contributed by atoms with Crippen LogP contribution in [0.1, 0.15) is 21.6 Å². The van der Waals surface area contributed by atoms with Crippen LogP contribution in [-0.4, -0.2) is 17.5 Å². The number of aromatic amines is 1. The first-order valence-corrected chi connectivity index (χ1v) is 4.62. The number of hydrogen-bond acceptors (Lipinski definition) is 3. The van der Waals surface area contributed by atoms with Crippen LogP contribution < -0.4 is 11.0 Å². The smallest absolute Gasteiger partial charge is 0.280 e. The number of pyridine rings is 1. The average molecular weight is 220 g/mol. The third-order valence-corrected chi connectivity index (χ3v) is 2.06. The second kappa shape index (κ2) is 5.14. The molecule has 1 heterocycles. The van der Waals surface area contributed by atoms with Crippen LogP contribution in [0.3, 0.4) is 0 Å². The Labute approximate surface area is 92.8 Å². The van der Waals surface area contributed by atoms with Crippen molar-refractivity contribution in [2.75, 3.05) is 6.61 Å². The van der Waals surface area contributed by atoms with Gasteiger partial charge in [0.05, 0.1) is 0 Å². The number of nitrogens with one attached hydrogen (secondary N) is 2. The molecule has 16 heavy (non-hydrogen) atoms. The normalized spacial score (nSPS) is 9.56. The number of carbonyl (C=O) groups excluding carboxylic acids is 1. The highest BCUT2D eigenvalue weighted by atomic mass is 16.6. The van der Waals surface area contributed by atoms with Gasteiger partial charge in [0, 0.05) is 5.69 Å². The lowest BCUT2D eigenvalue weighted by Gasteiger charge is -2.05. The third kappa shape index (κ3) is 2.72. The summed E-state index contributed by atoms with van der Waals surface area (Å²) < 4.78 is 0. The molecule has 0 spiro atoms. The van der Waals surface area contributed by atoms with Gasteiger partial charge in [-0.1, -0.05) is 5.92 Å². The van der Waals surface area contributed by atoms with E-state index in [0.717, 1.165) is 11.3 Å². The standard InChI is InChI=1S/C11H12N2O3/c1-4-5-16-13-11(15)9-6-7(2)8(3)12-10(9)14/h1,6H,5H2,2-3H3,(H,12,14)(H,13,15). The number of carbonyl (C=O) groups is 1. The van der Waals surface area contributed by atoms with Gasteiger partial charge < -0.3 is 4.98 Å². The van der Waals surface area contributed by atoms with E-state index in [9.17, 15) is 9.59 Å². The van der Waals surface area contributed by atoms with Crippen LogP contribution in [0.5, 0.6) is 0 Å². The first-order valence-electron chi connectivity index (χ1n) is 4.62. The van der Waals surface area contributed by atoms with E-state index in [2.05, 4.69) is 21.2 Å². The highest BCUT2D eigenvalue weighted by molar-refractivity contribution is 5.93. The second-order valence-corrected chi connectivity index (χ2v) is 3.24. The van der Waals surface area contributed by atoms with Crippen LogP contribution in [0.15, 0.2) is 10.9 Å². The van der Waals surface area contributed by atoms with E-state index in [1.165, 1.54) is 6.07 Å². The van der Waals surface area contributed by atoms with Crippen molar-refractivity contribution < 1.29 is 9.63 Å². The molecule has 0 aromatic carbocycles. The molecule has 0 atom stereocenters. The summed E-state index contributed by atoms with van der Waals surface area (Å²) >= 11 is 0. The Balaban J connectivity index is 2.89. The number of hydrogen-bond donors (Lipinski definition) is 2. The largest absolute Gasteiger partial charge is 0.326 e. The number of amides is 1. The molecule has 0 aliphatic carbocycles. The van der Waals surface area contributed by atoms with Crippen LogP contribution in [0.4, 0.5) is 0 Å². The van der Waals surface area contributed by atoms with Crippen molar-refractivity contribution in [3.8, 4) is 12.3 Å². The highest BCUT2D eigenvalue weighted by Crippen LogP contribution is 2.02. The fourth-order valence-electron chi connectivity index (χ4n) is 1.09. The Hall–Kier alpha value is -2.06. The fraction of sp³-hybridized carbons (Fsp3) is 0.273. The molecule has 1 rings (SSSR count). The SMILES string of the molecule is C#CCONC(=O)c1cc(C)c(C)[nH]c1=O. The summed E-state index contributed by atoms with van der Waals surface area (Å²) in [5, 5.41) is 0. The van der Waals surface area contributed by atoms with E-state index < -0.39 is 11.5 Å². The van der Waals surface area contributed by atoms with Gasteiger partial charge in [0.15, 0.2) is 0 Å². The Morgan fingerprint density at radius 3 is 2.94 bits per heavy atom. The molecule has 0 unspecified atom stereocenters. The van der Waals surface area contributed by atoms with Gasteiger partial charge in [-0.15, -0.1) is 6.42 Å². The van der Waals surface area contributed by atoms with Crippen molar-refractivity contribution in [2.45, 2.75) is 13.8 Å². The molecule has 1 amide bonds. The summed E-state index contributed by atoms with van der Waals surface area (Å²) in [6.45, 7) is 3.51. The maximum absolute atomic E-state index is 11.5. The van der Waals surface area contributed by atoms with Crippen LogP contribution in [0.2, 0.25) is 0 Å². The van der Waals surface area contributed by atoms with Crippen molar-refractivity contribution in [1.29, 1.82) is 0 Å². The minimum Gasteiger partial charge on any atom is -0.326 e. The van der Waals surface area contributed by atoms with Gasteiger partial charge in [0.2, 0.25) is 0 Å². The quantitative estimate of drug-likeness (QED) is 0.437. The first kappa shape index (κ1) is 12.0. The molecule has 0 fully saturated rings. The minimum atomic E-state index is -0.611. The molecule has 0 bridgehead atoms. The first-order chi connectivity index (χ1) is 7.56. The van der Waals surface area contributed by atoms with Gasteiger partial charge in [-0.05, 0) is 25.5 Å². The van der Waals surface area contributed by atoms with Gasteiger partial charge in [0.25, 0.3) is 11.5 Å². The molecule has 0 radical (unpaired) electrons. The monoisotopic (exact) mass is 220 g/mol. The lowest BCUT2D eigenvalue weighted by atomic mass is 10.1. The summed E-state index contributed by atoms with van der Waals surface area (Å²) in [4.78, 5) is 30.1. The van der Waals surface area contributed by atoms with Crippen molar-refractivity contribution in [3.05, 3.63) is 33.2 Å². The molecule has 84 valence electrons. The molecular formula is C11H12N2O3. The number of terminal acetylenes is 1. The van der Waals surface area contributed by atoms with E-state index >= 15 is 0 Å². The number of aromatic nitrogens is 1. The van der Waals surface area contributed by atoms with E-state index in [0.29, 0.717) is 0 Å². The van der Waals surface area contributed by atoms with E-state index in [-0.39, 0.29) is 12.2 Å². The molecular weight excluding hydrogens is 208 g/mol. The van der Waals surface area contributed by atoms with Crippen molar-refractivity contribution in [2.24, 2.45) is 0 Å². The Bertz CT molecular complexity index is 497. The van der Waals surface area contributed by atoms with Crippen molar-refractivity contribution in [1.82, 2.24) is 10.5 Å². The molecule has 1 aromatic heterocycles. The zero-order valence-corrected chi connectivity index (χ0v) is 9.09. The van der Waals surface area contributed by atoms with Gasteiger partial charge >= 0.3 is 0 Å². The van der Waals surface area contributed by atoms with Gasteiger partial charge in [0.1, 0.15) is 12.2 Å². The van der Waals surface area contributed by atoms with Crippen molar-refractivity contribution >= 4 is 5.91 Å². The van der Waals surface area contributed by atoms with E-state index in [1.54, 1.807) is 13.8 Å². The van der Waals surface area contributed by atoms with E-state index in [1.807, 2.05) is 0 Å². The van der Waals surface area contributed by atoms with Crippen LogP contribution >= 0.6 is 0 Å². The molecule has 0 aliphatic rings. The zero-order valence-electron chi connectivity index (χ0n) is 9.09. The van der Waals surface area contributed by atoms with E-state index in [4.69, 9.17) is 6.42 Å². The summed E-state index contributed by atoms with van der Waals surface area (Å²) in [7, 11) is 0. The molecule has 0 saturated carbocycles. The van der Waals surface area contributed by atoms with Gasteiger partial charge in [-0.3, -0.25) is 14.4 Å². The predicted octanol–water partition coefficient (Wildman–Crippen LogP) is 0.286. The number of hydroxylamine groups is 1. The molecule has 1 aromatic rings. The molecule has 5 nitrogen and oxygen atoms in total. The lowest BCUT2D eigenvalue weighted by Crippen LogP contribution is -2.30. The molecule has 5 heteroatoms. The van der Waals surface area contributed by atoms with Crippen LogP contribution in [-0.2, 0) is 4.84 Å². The van der Waals surface area contributed by atoms with Crippen LogP contribution in [0.25, 0.3) is 0 Å². The molecule has 0 aliphatic heterocycles. The third-order valence-electron chi connectivity index (χ3n) is 2.06. The highest BCUT2D eigenvalue weighted by Gasteiger charge is 2.11. The molecule has 0 saturated heterocycles. The zero-order chi connectivity index (χ0) is 12.1. The number of H-pyrrole nitrogens is 1. The summed E-state index contributed by atoms with van der Waals surface area (Å²) in [5.74, 6) is 1.58. The minimum absolute atomic E-state index is 0.000112. The lowest BCUT2D eigenvalue weighted by molar-refractivity contribution is 0.0436. The summed E-state index contributed by atoms with van der Waals surface area (Å²) in [5.41, 5.74) is 3.18. The molecule has 2 N–H and O–H groups in total. The fourth-order valence-corrected chi connectivity index (χ4v) is 1.09. The maximum atomic E-state index is 11.5. The Morgan fingerprint density at radius 1 is 1.62 bits per heavy atom. The average Bonchev–Trinajstić information content (AvgIpc) is 2.23. The van der Waals surface area contributed by atoms with Crippen molar-refractivity contribution in [3.63, 3.8) is 0 Å². The Kier molecular flexibility index (Phi) is 3.86. The number of rotatable bonds is 3. The summed E-state index contributed by atoms with van der Waals surface area (Å²) in [6, 6.07) is 1.50. The van der Waals surface area contributed by atoms with Gasteiger partial charge in [-0.25, -0.2) is 5.48 Å². The predicted molar refractivity (Wildman–Crippen MR) is 58.8 cm³/mol. The van der Waals surface area contributed by atoms with Crippen LogP contribution in [0, 0.1) is 26.2 Å². The van der Waals surface area contributed by atoms with Gasteiger partial charge in [-0.2, -0.15) is 0 Å². The maximum Gasteiger partial charge on any atom is 0.280 e. The Morgan fingerprint density at radius 2 is 2.31 bits per heavy atom. The topological polar surface area (TPSA) is 71.2 Å². The number of aryl methyl sites for hydroxylation is 2.